The maximum absolute atomic E-state index is 5.30. The first-order valence-corrected chi connectivity index (χ1v) is 4.46. The van der Waals surface area contributed by atoms with Gasteiger partial charge in [0.25, 0.3) is 0 Å². The summed E-state index contributed by atoms with van der Waals surface area (Å²) in [4.78, 5) is 0. The van der Waals surface area contributed by atoms with E-state index in [1.165, 1.54) is 0 Å². The molecule has 0 fully saturated rings. The molecule has 0 aromatic carbocycles. The molecule has 0 aliphatic heterocycles. The van der Waals surface area contributed by atoms with E-state index in [2.05, 4.69) is 17.1 Å². The van der Waals surface area contributed by atoms with E-state index in [0.717, 1.165) is 18.2 Å². The van der Waals surface area contributed by atoms with Crippen molar-refractivity contribution in [1.29, 1.82) is 0 Å². The predicted octanol–water partition coefficient (Wildman–Crippen LogP) is 0.0817. The first-order valence-electron chi connectivity index (χ1n) is 4.46. The Bertz CT molecular complexity index is 259. The fourth-order valence-corrected chi connectivity index (χ4v) is 1.19. The van der Waals surface area contributed by atoms with E-state index in [9.17, 15) is 0 Å². The maximum Gasteiger partial charge on any atom is 0.159 e. The SMILES string of the molecule is CCn1c(C)nnc1COCCN. The van der Waals surface area contributed by atoms with Crippen molar-refractivity contribution in [1.82, 2.24) is 14.8 Å². The first-order chi connectivity index (χ1) is 6.29. The molecule has 1 aromatic rings. The molecule has 5 nitrogen and oxygen atoms in total. The smallest absolute Gasteiger partial charge is 0.159 e. The van der Waals surface area contributed by atoms with Gasteiger partial charge >= 0.3 is 0 Å². The number of aromatic nitrogens is 3. The van der Waals surface area contributed by atoms with E-state index >= 15 is 0 Å². The lowest BCUT2D eigenvalue weighted by molar-refractivity contribution is 0.120. The maximum atomic E-state index is 5.30. The van der Waals surface area contributed by atoms with Gasteiger partial charge in [-0.3, -0.25) is 0 Å². The zero-order valence-corrected chi connectivity index (χ0v) is 8.16. The Labute approximate surface area is 77.9 Å². The number of hydrogen-bond acceptors (Lipinski definition) is 4. The largest absolute Gasteiger partial charge is 0.372 e. The van der Waals surface area contributed by atoms with Crippen LogP contribution < -0.4 is 5.73 Å². The third-order valence-electron chi connectivity index (χ3n) is 1.82. The third-order valence-corrected chi connectivity index (χ3v) is 1.82. The monoisotopic (exact) mass is 184 g/mol. The Kier molecular flexibility index (Phi) is 3.85. The van der Waals surface area contributed by atoms with E-state index in [1.54, 1.807) is 0 Å². The van der Waals surface area contributed by atoms with Crippen molar-refractivity contribution in [2.45, 2.75) is 27.0 Å². The summed E-state index contributed by atoms with van der Waals surface area (Å²) in [7, 11) is 0. The van der Waals surface area contributed by atoms with Crippen LogP contribution in [0, 0.1) is 6.92 Å². The van der Waals surface area contributed by atoms with Crippen LogP contribution in [0.25, 0.3) is 0 Å². The van der Waals surface area contributed by atoms with Gasteiger partial charge in [0.1, 0.15) is 12.4 Å². The fraction of sp³-hybridized carbons (Fsp3) is 0.750. The van der Waals surface area contributed by atoms with Crippen LogP contribution in [0.3, 0.4) is 0 Å². The molecule has 0 saturated carbocycles. The number of nitrogens with two attached hydrogens (primary N) is 1. The summed E-state index contributed by atoms with van der Waals surface area (Å²) in [5.41, 5.74) is 5.30. The molecule has 0 saturated heterocycles. The van der Waals surface area contributed by atoms with Crippen LogP contribution in [0.5, 0.6) is 0 Å². The van der Waals surface area contributed by atoms with E-state index in [4.69, 9.17) is 10.5 Å². The van der Waals surface area contributed by atoms with Crippen LogP contribution >= 0.6 is 0 Å². The second-order valence-corrected chi connectivity index (χ2v) is 2.75. The van der Waals surface area contributed by atoms with E-state index in [0.29, 0.717) is 19.8 Å². The molecule has 0 aliphatic rings. The van der Waals surface area contributed by atoms with Crippen LogP contribution in [0.4, 0.5) is 0 Å². The van der Waals surface area contributed by atoms with E-state index in [1.807, 2.05) is 11.5 Å². The van der Waals surface area contributed by atoms with Gasteiger partial charge in [-0.25, -0.2) is 0 Å². The van der Waals surface area contributed by atoms with Crippen LogP contribution in [0.2, 0.25) is 0 Å². The molecule has 1 rings (SSSR count). The van der Waals surface area contributed by atoms with E-state index in [-0.39, 0.29) is 0 Å². The van der Waals surface area contributed by atoms with Gasteiger partial charge in [0.05, 0.1) is 6.61 Å². The lowest BCUT2D eigenvalue weighted by Gasteiger charge is -2.04. The normalized spacial score (nSPS) is 10.7. The molecule has 0 bridgehead atoms. The molecule has 1 heterocycles. The highest BCUT2D eigenvalue weighted by Crippen LogP contribution is 2.01. The van der Waals surface area contributed by atoms with Crippen molar-refractivity contribution in [2.24, 2.45) is 5.73 Å². The van der Waals surface area contributed by atoms with Gasteiger partial charge in [-0.2, -0.15) is 0 Å². The average Bonchev–Trinajstić information content (AvgIpc) is 2.47. The zero-order valence-electron chi connectivity index (χ0n) is 8.16. The summed E-state index contributed by atoms with van der Waals surface area (Å²) in [5.74, 6) is 1.79. The Morgan fingerprint density at radius 1 is 1.46 bits per heavy atom. The molecule has 0 atom stereocenters. The molecular weight excluding hydrogens is 168 g/mol. The van der Waals surface area contributed by atoms with Crippen molar-refractivity contribution in [2.75, 3.05) is 13.2 Å². The predicted molar refractivity (Wildman–Crippen MR) is 49.1 cm³/mol. The molecule has 13 heavy (non-hydrogen) atoms. The highest BCUT2D eigenvalue weighted by molar-refractivity contribution is 4.91. The van der Waals surface area contributed by atoms with Crippen molar-refractivity contribution in [3.05, 3.63) is 11.6 Å². The van der Waals surface area contributed by atoms with Gasteiger partial charge in [0.2, 0.25) is 0 Å². The Morgan fingerprint density at radius 2 is 2.23 bits per heavy atom. The number of ether oxygens (including phenoxy) is 1. The molecule has 0 spiro atoms. The highest BCUT2D eigenvalue weighted by atomic mass is 16.5. The summed E-state index contributed by atoms with van der Waals surface area (Å²) in [6, 6.07) is 0. The number of aryl methyl sites for hydroxylation is 1. The highest BCUT2D eigenvalue weighted by Gasteiger charge is 2.05. The summed E-state index contributed by atoms with van der Waals surface area (Å²) in [6.45, 7) is 6.46. The second-order valence-electron chi connectivity index (χ2n) is 2.75. The van der Waals surface area contributed by atoms with Crippen molar-refractivity contribution in [3.63, 3.8) is 0 Å². The van der Waals surface area contributed by atoms with E-state index < -0.39 is 0 Å². The molecule has 74 valence electrons. The summed E-state index contributed by atoms with van der Waals surface area (Å²) >= 11 is 0. The number of hydrogen-bond donors (Lipinski definition) is 1. The molecular formula is C8H16N4O. The fourth-order valence-electron chi connectivity index (χ4n) is 1.19. The number of nitrogens with zero attached hydrogens (tertiary/aromatic N) is 3. The van der Waals surface area contributed by atoms with Crippen LogP contribution in [-0.4, -0.2) is 27.9 Å². The zero-order chi connectivity index (χ0) is 9.68. The molecule has 0 radical (unpaired) electrons. The quantitative estimate of drug-likeness (QED) is 0.658. The van der Waals surface area contributed by atoms with Gasteiger partial charge in [-0.05, 0) is 13.8 Å². The molecule has 0 aliphatic carbocycles. The van der Waals surface area contributed by atoms with Crippen molar-refractivity contribution >= 4 is 0 Å². The molecule has 0 amide bonds. The number of rotatable bonds is 5. The molecule has 1 aromatic heterocycles. The van der Waals surface area contributed by atoms with Crippen LogP contribution in [-0.2, 0) is 17.9 Å². The van der Waals surface area contributed by atoms with Gasteiger partial charge in [0.15, 0.2) is 5.82 Å². The minimum atomic E-state index is 0.492. The van der Waals surface area contributed by atoms with Crippen LogP contribution in [0.1, 0.15) is 18.6 Å². The molecule has 2 N–H and O–H groups in total. The van der Waals surface area contributed by atoms with Crippen molar-refractivity contribution in [3.8, 4) is 0 Å². The lowest BCUT2D eigenvalue weighted by Crippen LogP contribution is -2.11. The minimum absolute atomic E-state index is 0.492. The Morgan fingerprint density at radius 3 is 2.85 bits per heavy atom. The van der Waals surface area contributed by atoms with Gasteiger partial charge in [0, 0.05) is 13.1 Å². The summed E-state index contributed by atoms with van der Waals surface area (Å²) < 4.78 is 7.30. The van der Waals surface area contributed by atoms with Crippen LogP contribution in [0.15, 0.2) is 0 Å². The second kappa shape index (κ2) is 4.94. The molecule has 0 unspecified atom stereocenters. The van der Waals surface area contributed by atoms with Gasteiger partial charge in [-0.1, -0.05) is 0 Å². The van der Waals surface area contributed by atoms with Gasteiger partial charge < -0.3 is 15.0 Å². The Balaban J connectivity index is 2.55. The summed E-state index contributed by atoms with van der Waals surface area (Å²) in [5, 5.41) is 7.97. The lowest BCUT2D eigenvalue weighted by atomic mass is 10.5. The average molecular weight is 184 g/mol. The Hall–Kier alpha value is -0.940. The van der Waals surface area contributed by atoms with Crippen molar-refractivity contribution < 1.29 is 4.74 Å². The minimum Gasteiger partial charge on any atom is -0.372 e. The third kappa shape index (κ3) is 2.50. The molecule has 5 heteroatoms. The van der Waals surface area contributed by atoms with Gasteiger partial charge in [-0.15, -0.1) is 10.2 Å². The first kappa shape index (κ1) is 10.1. The summed E-state index contributed by atoms with van der Waals surface area (Å²) in [6.07, 6.45) is 0. The standard InChI is InChI=1S/C8H16N4O/c1-3-12-7(2)10-11-8(12)6-13-5-4-9/h3-6,9H2,1-2H3. The topological polar surface area (TPSA) is 66.0 Å².